The summed E-state index contributed by atoms with van der Waals surface area (Å²) < 4.78 is 16.0. The fourth-order valence-corrected chi connectivity index (χ4v) is 2.32. The van der Waals surface area contributed by atoms with Crippen LogP contribution in [-0.4, -0.2) is 21.3 Å². The van der Waals surface area contributed by atoms with Crippen molar-refractivity contribution in [2.24, 2.45) is 0 Å². The largest absolute Gasteiger partial charge is 1.00 e. The van der Waals surface area contributed by atoms with Crippen LogP contribution in [0, 0.1) is 0 Å². The Hall–Kier alpha value is -1.60. The van der Waals surface area contributed by atoms with Crippen LogP contribution in [0.15, 0.2) is 24.3 Å². The average Bonchev–Trinajstić information content (AvgIpc) is 2.52. The van der Waals surface area contributed by atoms with Gasteiger partial charge in [0.25, 0.3) is 0 Å². The lowest BCUT2D eigenvalue weighted by Crippen LogP contribution is -3.00. The molecule has 2 rings (SSSR count). The van der Waals surface area contributed by atoms with Gasteiger partial charge in [0.15, 0.2) is 16.7 Å². The van der Waals surface area contributed by atoms with Gasteiger partial charge in [0, 0.05) is 17.7 Å². The number of nitrogen functional groups attached to an aromatic ring is 1. The van der Waals surface area contributed by atoms with E-state index >= 15 is 0 Å². The van der Waals surface area contributed by atoms with Gasteiger partial charge in [-0.1, -0.05) is 0 Å². The van der Waals surface area contributed by atoms with Crippen LogP contribution >= 0.6 is 11.6 Å². The zero-order valence-corrected chi connectivity index (χ0v) is 15.8. The van der Waals surface area contributed by atoms with Gasteiger partial charge in [0.1, 0.15) is 6.54 Å². The molecule has 5 N–H and O–H groups in total. The highest BCUT2D eigenvalue weighted by molar-refractivity contribution is 6.28. The van der Waals surface area contributed by atoms with E-state index in [2.05, 4.69) is 4.98 Å². The number of nitrogens with one attached hydrogen (secondary N) is 1. The molecule has 0 atom stereocenters. The molecule has 1 aromatic heterocycles. The maximum atomic E-state index is 5.90. The topological polar surface area (TPSA) is 84.5 Å². The Labute approximate surface area is 158 Å². The van der Waals surface area contributed by atoms with Crippen molar-refractivity contribution in [1.82, 2.24) is 0 Å². The minimum Gasteiger partial charge on any atom is -1.00 e. The zero-order chi connectivity index (χ0) is 16.1. The van der Waals surface area contributed by atoms with Crippen LogP contribution in [0.5, 0.6) is 17.2 Å². The lowest BCUT2D eigenvalue weighted by Gasteiger charge is -2.13. The van der Waals surface area contributed by atoms with Crippen LogP contribution in [0.1, 0.15) is 5.56 Å². The number of nitrogens with two attached hydrogens (primary N) is 2. The number of aromatic nitrogens is 1. The number of methoxy groups -OCH3 is 3. The van der Waals surface area contributed by atoms with E-state index in [1.807, 2.05) is 23.5 Å². The molecule has 0 aliphatic heterocycles. The van der Waals surface area contributed by atoms with E-state index in [0.29, 0.717) is 34.8 Å². The first-order valence-corrected chi connectivity index (χ1v) is 7.06. The van der Waals surface area contributed by atoms with Gasteiger partial charge < -0.3 is 44.3 Å². The molecule has 24 heavy (non-hydrogen) atoms. The number of benzene rings is 1. The van der Waals surface area contributed by atoms with Crippen LogP contribution in [0.3, 0.4) is 0 Å². The Balaban J connectivity index is 0.00000264. The summed E-state index contributed by atoms with van der Waals surface area (Å²) >= 11 is 5.85. The Morgan fingerprint density at radius 2 is 1.62 bits per heavy atom. The second-order valence-electron chi connectivity index (χ2n) is 4.62. The number of quaternary nitrogens is 1. The second-order valence-corrected chi connectivity index (χ2v) is 5.02. The Kier molecular flexibility index (Phi) is 9.62. The van der Waals surface area contributed by atoms with Gasteiger partial charge in [0.2, 0.25) is 11.4 Å². The standard InChI is InChI=1S/C15H18ClN3O3.2ClH/c1-20-11-6-9(7-12(21-2)14(11)22-3)8-18-10-4-5-13(16)19-15(10)17;;/h4-7,18H,8H2,1-3H3,(H2,17,19);2*1H. The molecule has 1 heterocycles. The molecule has 2 aromatic rings. The quantitative estimate of drug-likeness (QED) is 0.480. The van der Waals surface area contributed by atoms with Crippen LogP contribution in [0.25, 0.3) is 0 Å². The van der Waals surface area contributed by atoms with E-state index in [-0.39, 0.29) is 24.8 Å². The normalized spacial score (nSPS) is 9.50. The third kappa shape index (κ3) is 5.21. The van der Waals surface area contributed by atoms with Crippen molar-refractivity contribution in [3.63, 3.8) is 0 Å². The number of anilines is 1. The van der Waals surface area contributed by atoms with Crippen molar-refractivity contribution in [2.45, 2.75) is 6.54 Å². The van der Waals surface area contributed by atoms with Crippen molar-refractivity contribution < 1.29 is 49.3 Å². The molecule has 1 aromatic carbocycles. The maximum absolute atomic E-state index is 5.90. The Morgan fingerprint density at radius 1 is 1.04 bits per heavy atom. The van der Waals surface area contributed by atoms with E-state index in [1.54, 1.807) is 27.4 Å². The highest BCUT2D eigenvalue weighted by Crippen LogP contribution is 2.37. The number of halogens is 3. The van der Waals surface area contributed by atoms with Gasteiger partial charge in [-0.05, 0) is 23.7 Å². The molecule has 0 spiro atoms. The third-order valence-electron chi connectivity index (χ3n) is 3.26. The van der Waals surface area contributed by atoms with Gasteiger partial charge in [-0.25, -0.2) is 4.98 Å². The van der Waals surface area contributed by atoms with Crippen molar-refractivity contribution in [1.29, 1.82) is 0 Å². The van der Waals surface area contributed by atoms with E-state index < -0.39 is 0 Å². The lowest BCUT2D eigenvalue weighted by atomic mass is 10.1. The first-order valence-electron chi connectivity index (χ1n) is 6.68. The minimum absolute atomic E-state index is 0. The smallest absolute Gasteiger partial charge is 0.333 e. The summed E-state index contributed by atoms with van der Waals surface area (Å²) in [5, 5.41) is 2.51. The number of aromatic amines is 1. The molecule has 0 amide bonds. The molecule has 9 heteroatoms. The van der Waals surface area contributed by atoms with Gasteiger partial charge in [0.05, 0.1) is 21.3 Å². The number of H-pyrrole nitrogens is 1. The van der Waals surface area contributed by atoms with Crippen LogP contribution in [-0.2, 0) is 6.54 Å². The predicted molar refractivity (Wildman–Crippen MR) is 83.8 cm³/mol. The summed E-state index contributed by atoms with van der Waals surface area (Å²) in [4.78, 5) is 2.88. The van der Waals surface area contributed by atoms with Crippen molar-refractivity contribution >= 4 is 23.1 Å². The molecule has 0 aliphatic rings. The molecular weight excluding hydrogens is 377 g/mol. The van der Waals surface area contributed by atoms with Gasteiger partial charge in [-0.2, -0.15) is 0 Å². The first kappa shape index (κ1) is 22.4. The summed E-state index contributed by atoms with van der Waals surface area (Å²) in [6.45, 7) is 0.663. The summed E-state index contributed by atoms with van der Waals surface area (Å²) in [5.41, 5.74) is 7.81. The van der Waals surface area contributed by atoms with Gasteiger partial charge >= 0.3 is 5.82 Å². The van der Waals surface area contributed by atoms with Crippen molar-refractivity contribution in [2.75, 3.05) is 27.1 Å². The molecule has 0 saturated carbocycles. The summed E-state index contributed by atoms with van der Waals surface area (Å²) in [5.74, 6) is 2.36. The fraction of sp³-hybridized carbons (Fsp3) is 0.267. The third-order valence-corrected chi connectivity index (χ3v) is 3.48. The number of hydrogen-bond donors (Lipinski definition) is 2. The molecule has 0 aliphatic carbocycles. The highest BCUT2D eigenvalue weighted by atomic mass is 35.5. The van der Waals surface area contributed by atoms with Crippen molar-refractivity contribution in [3.8, 4) is 17.2 Å². The van der Waals surface area contributed by atoms with Gasteiger partial charge in [-0.15, -0.1) is 0 Å². The monoisotopic (exact) mass is 395 g/mol. The zero-order valence-electron chi connectivity index (χ0n) is 13.5. The molecular formula is C15H20Cl3N3O3. The lowest BCUT2D eigenvalue weighted by molar-refractivity contribution is -0.592. The molecule has 0 radical (unpaired) electrons. The summed E-state index contributed by atoms with van der Waals surface area (Å²) in [6, 6.07) is 7.45. The summed E-state index contributed by atoms with van der Waals surface area (Å²) in [6.07, 6.45) is 0. The van der Waals surface area contributed by atoms with Crippen LogP contribution < -0.4 is 55.1 Å². The number of ether oxygens (including phenoxy) is 3. The Morgan fingerprint density at radius 3 is 2.08 bits per heavy atom. The van der Waals surface area contributed by atoms with E-state index in [9.17, 15) is 0 Å². The summed E-state index contributed by atoms with van der Waals surface area (Å²) in [7, 11) is 4.77. The molecule has 0 fully saturated rings. The van der Waals surface area contributed by atoms with Gasteiger partial charge in [-0.3, -0.25) is 5.73 Å². The number of rotatable bonds is 6. The average molecular weight is 397 g/mol. The number of hydrogen-bond acceptors (Lipinski definition) is 4. The molecule has 0 saturated heterocycles. The molecule has 134 valence electrons. The van der Waals surface area contributed by atoms with E-state index in [4.69, 9.17) is 31.5 Å². The maximum Gasteiger partial charge on any atom is 0.333 e. The SMILES string of the molecule is COc1cc(C[NH2+]c2ccc(Cl)[nH+]c2N)cc(OC)c1OC.[Cl-].[Cl-]. The highest BCUT2D eigenvalue weighted by Gasteiger charge is 2.15. The van der Waals surface area contributed by atoms with E-state index in [1.165, 1.54) is 0 Å². The van der Waals surface area contributed by atoms with E-state index in [0.717, 1.165) is 11.3 Å². The van der Waals surface area contributed by atoms with Crippen LogP contribution in [0.2, 0.25) is 5.15 Å². The molecule has 6 nitrogen and oxygen atoms in total. The molecule has 0 unspecified atom stereocenters. The predicted octanol–water partition coefficient (Wildman–Crippen LogP) is -4.83. The number of pyridine rings is 1. The first-order chi connectivity index (χ1) is 10.6. The Bertz CT molecular complexity index is 647. The van der Waals surface area contributed by atoms with Crippen molar-refractivity contribution in [3.05, 3.63) is 35.0 Å². The van der Waals surface area contributed by atoms with Crippen LogP contribution in [0.4, 0.5) is 11.5 Å². The second kappa shape index (κ2) is 10.3. The fourth-order valence-electron chi connectivity index (χ4n) is 2.15. The minimum atomic E-state index is 0. The molecule has 0 bridgehead atoms.